The van der Waals surface area contributed by atoms with Crippen molar-refractivity contribution in [3.8, 4) is 0 Å². The predicted molar refractivity (Wildman–Crippen MR) is 68.4 cm³/mol. The summed E-state index contributed by atoms with van der Waals surface area (Å²) in [7, 11) is 0. The molecule has 1 aromatic rings. The molecule has 0 bridgehead atoms. The van der Waals surface area contributed by atoms with Crippen LogP contribution in [0.5, 0.6) is 0 Å². The summed E-state index contributed by atoms with van der Waals surface area (Å²) in [5.74, 6) is -0.313. The smallest absolute Gasteiger partial charge is 0.355 e. The molecule has 18 heavy (non-hydrogen) atoms. The Bertz CT molecular complexity index is 408. The van der Waals surface area contributed by atoms with E-state index in [1.165, 1.54) is 0 Å². The molecular formula is C13H20N2O3. The molecule has 1 fully saturated rings. The SMILES string of the molecule is CCn1cc(N)cc1C(=O)OCCC1CCCO1. The van der Waals surface area contributed by atoms with Gasteiger partial charge < -0.3 is 19.8 Å². The molecule has 1 atom stereocenters. The van der Waals surface area contributed by atoms with Crippen molar-refractivity contribution in [3.63, 3.8) is 0 Å². The van der Waals surface area contributed by atoms with Gasteiger partial charge >= 0.3 is 5.97 Å². The summed E-state index contributed by atoms with van der Waals surface area (Å²) in [5.41, 5.74) is 6.77. The molecule has 0 saturated carbocycles. The summed E-state index contributed by atoms with van der Waals surface area (Å²) in [6.45, 7) is 3.89. The van der Waals surface area contributed by atoms with E-state index in [1.807, 2.05) is 6.92 Å². The molecule has 5 heteroatoms. The summed E-state index contributed by atoms with van der Waals surface area (Å²) in [5, 5.41) is 0. The molecule has 2 rings (SSSR count). The molecule has 0 spiro atoms. The first-order chi connectivity index (χ1) is 8.70. The molecule has 100 valence electrons. The summed E-state index contributed by atoms with van der Waals surface area (Å²) in [6, 6.07) is 1.65. The van der Waals surface area contributed by atoms with E-state index in [-0.39, 0.29) is 12.1 Å². The van der Waals surface area contributed by atoms with Gasteiger partial charge in [-0.2, -0.15) is 0 Å². The molecule has 0 radical (unpaired) electrons. The fourth-order valence-corrected chi connectivity index (χ4v) is 2.19. The average Bonchev–Trinajstić information content (AvgIpc) is 2.98. The Kier molecular flexibility index (Phi) is 4.25. The van der Waals surface area contributed by atoms with Gasteiger partial charge in [0.1, 0.15) is 5.69 Å². The van der Waals surface area contributed by atoms with E-state index < -0.39 is 0 Å². The first kappa shape index (κ1) is 13.0. The van der Waals surface area contributed by atoms with Crippen molar-refractivity contribution in [2.45, 2.75) is 38.8 Å². The fourth-order valence-electron chi connectivity index (χ4n) is 2.19. The number of aromatic nitrogens is 1. The quantitative estimate of drug-likeness (QED) is 0.812. The van der Waals surface area contributed by atoms with Crippen LogP contribution in [0.3, 0.4) is 0 Å². The Balaban J connectivity index is 1.83. The average molecular weight is 252 g/mol. The van der Waals surface area contributed by atoms with Crippen LogP contribution < -0.4 is 5.73 Å². The number of rotatable bonds is 5. The van der Waals surface area contributed by atoms with E-state index in [4.69, 9.17) is 15.2 Å². The minimum Gasteiger partial charge on any atom is -0.461 e. The maximum Gasteiger partial charge on any atom is 0.355 e. The Hall–Kier alpha value is -1.49. The van der Waals surface area contributed by atoms with Crippen LogP contribution in [-0.2, 0) is 16.0 Å². The number of anilines is 1. The number of esters is 1. The second kappa shape index (κ2) is 5.91. The van der Waals surface area contributed by atoms with Crippen molar-refractivity contribution in [1.29, 1.82) is 0 Å². The van der Waals surface area contributed by atoms with Crippen LogP contribution in [0.15, 0.2) is 12.3 Å². The molecule has 1 aromatic heterocycles. The van der Waals surface area contributed by atoms with E-state index >= 15 is 0 Å². The minimum absolute atomic E-state index is 0.251. The number of aryl methyl sites for hydroxylation is 1. The number of hydrogen-bond acceptors (Lipinski definition) is 4. The number of nitrogens with zero attached hydrogens (tertiary/aromatic N) is 1. The van der Waals surface area contributed by atoms with Gasteiger partial charge in [-0.05, 0) is 25.8 Å². The van der Waals surface area contributed by atoms with Crippen molar-refractivity contribution in [2.24, 2.45) is 0 Å². The van der Waals surface area contributed by atoms with Gasteiger partial charge in [0.25, 0.3) is 0 Å². The molecule has 1 aliphatic rings. The molecule has 5 nitrogen and oxygen atoms in total. The summed E-state index contributed by atoms with van der Waals surface area (Å²) in [4.78, 5) is 11.9. The van der Waals surface area contributed by atoms with Crippen LogP contribution in [0.2, 0.25) is 0 Å². The Labute approximate surface area is 107 Å². The Morgan fingerprint density at radius 2 is 2.50 bits per heavy atom. The second-order valence-corrected chi connectivity index (χ2v) is 4.50. The van der Waals surface area contributed by atoms with Crippen LogP contribution >= 0.6 is 0 Å². The van der Waals surface area contributed by atoms with E-state index in [0.29, 0.717) is 24.5 Å². The topological polar surface area (TPSA) is 66.5 Å². The molecular weight excluding hydrogens is 232 g/mol. The third-order valence-corrected chi connectivity index (χ3v) is 3.16. The van der Waals surface area contributed by atoms with Crippen molar-refractivity contribution in [2.75, 3.05) is 18.9 Å². The third kappa shape index (κ3) is 3.04. The van der Waals surface area contributed by atoms with Crippen LogP contribution in [0.25, 0.3) is 0 Å². The zero-order valence-corrected chi connectivity index (χ0v) is 10.7. The molecule has 1 unspecified atom stereocenters. The Morgan fingerprint density at radius 1 is 1.67 bits per heavy atom. The lowest BCUT2D eigenvalue weighted by molar-refractivity contribution is 0.0375. The lowest BCUT2D eigenvalue weighted by Crippen LogP contribution is -2.15. The van der Waals surface area contributed by atoms with Crippen LogP contribution in [0.1, 0.15) is 36.7 Å². The van der Waals surface area contributed by atoms with Crippen LogP contribution in [0.4, 0.5) is 5.69 Å². The maximum absolute atomic E-state index is 11.9. The number of ether oxygens (including phenoxy) is 2. The molecule has 0 aromatic carbocycles. The first-order valence-corrected chi connectivity index (χ1v) is 6.45. The van der Waals surface area contributed by atoms with E-state index in [1.54, 1.807) is 16.8 Å². The van der Waals surface area contributed by atoms with E-state index in [2.05, 4.69) is 0 Å². The van der Waals surface area contributed by atoms with Gasteiger partial charge in [-0.15, -0.1) is 0 Å². The second-order valence-electron chi connectivity index (χ2n) is 4.50. The maximum atomic E-state index is 11.9. The summed E-state index contributed by atoms with van der Waals surface area (Å²) >= 11 is 0. The van der Waals surface area contributed by atoms with Gasteiger partial charge in [-0.1, -0.05) is 0 Å². The van der Waals surface area contributed by atoms with Crippen molar-refractivity contribution in [3.05, 3.63) is 18.0 Å². The Morgan fingerprint density at radius 3 is 3.17 bits per heavy atom. The lowest BCUT2D eigenvalue weighted by atomic mass is 10.2. The van der Waals surface area contributed by atoms with E-state index in [0.717, 1.165) is 25.9 Å². The normalized spacial score (nSPS) is 19.1. The van der Waals surface area contributed by atoms with Gasteiger partial charge in [-0.3, -0.25) is 0 Å². The largest absolute Gasteiger partial charge is 0.461 e. The predicted octanol–water partition coefficient (Wildman–Crippen LogP) is 1.82. The molecule has 1 aliphatic heterocycles. The van der Waals surface area contributed by atoms with Gasteiger partial charge in [0, 0.05) is 25.8 Å². The third-order valence-electron chi connectivity index (χ3n) is 3.16. The highest BCUT2D eigenvalue weighted by Crippen LogP contribution is 2.16. The highest BCUT2D eigenvalue weighted by atomic mass is 16.5. The number of hydrogen-bond donors (Lipinski definition) is 1. The van der Waals surface area contributed by atoms with E-state index in [9.17, 15) is 4.79 Å². The summed E-state index contributed by atoms with van der Waals surface area (Å²) < 4.78 is 12.5. The van der Waals surface area contributed by atoms with Gasteiger partial charge in [0.2, 0.25) is 0 Å². The van der Waals surface area contributed by atoms with Gasteiger partial charge in [0.05, 0.1) is 18.4 Å². The summed E-state index contributed by atoms with van der Waals surface area (Å²) in [6.07, 6.45) is 4.94. The van der Waals surface area contributed by atoms with Crippen molar-refractivity contribution >= 4 is 11.7 Å². The number of nitrogens with two attached hydrogens (primary N) is 1. The number of nitrogen functional groups attached to an aromatic ring is 1. The van der Waals surface area contributed by atoms with Crippen LogP contribution in [0, 0.1) is 0 Å². The van der Waals surface area contributed by atoms with Crippen molar-refractivity contribution in [1.82, 2.24) is 4.57 Å². The van der Waals surface area contributed by atoms with Crippen molar-refractivity contribution < 1.29 is 14.3 Å². The standard InChI is InChI=1S/C13H20N2O3/c1-2-15-9-10(14)8-12(15)13(16)18-7-5-11-4-3-6-17-11/h8-9,11H,2-7,14H2,1H3. The number of carbonyl (C=O) groups is 1. The highest BCUT2D eigenvalue weighted by molar-refractivity contribution is 5.89. The van der Waals surface area contributed by atoms with Gasteiger partial charge in [-0.25, -0.2) is 4.79 Å². The fraction of sp³-hybridized carbons (Fsp3) is 0.615. The molecule has 2 N–H and O–H groups in total. The molecule has 2 heterocycles. The van der Waals surface area contributed by atoms with Gasteiger partial charge in [0.15, 0.2) is 0 Å². The number of carbonyl (C=O) groups excluding carboxylic acids is 1. The highest BCUT2D eigenvalue weighted by Gasteiger charge is 2.17. The van der Waals surface area contributed by atoms with Crippen LogP contribution in [-0.4, -0.2) is 29.9 Å². The zero-order chi connectivity index (χ0) is 13.0. The minimum atomic E-state index is -0.313. The monoisotopic (exact) mass is 252 g/mol. The first-order valence-electron chi connectivity index (χ1n) is 6.45. The molecule has 1 saturated heterocycles. The lowest BCUT2D eigenvalue weighted by Gasteiger charge is -2.10. The molecule has 0 amide bonds. The molecule has 0 aliphatic carbocycles. The zero-order valence-electron chi connectivity index (χ0n) is 10.7.